The normalized spacial score (nSPS) is 19.5. The number of aromatic nitrogens is 2. The molecule has 0 saturated carbocycles. The summed E-state index contributed by atoms with van der Waals surface area (Å²) in [6.07, 6.45) is 6.85. The molecule has 0 spiro atoms. The van der Waals surface area contributed by atoms with Crippen LogP contribution in [0.4, 0.5) is 0 Å². The van der Waals surface area contributed by atoms with Crippen LogP contribution in [0.3, 0.4) is 0 Å². The molecule has 7 heteroatoms. The molecule has 3 heterocycles. The third-order valence-electron chi connectivity index (χ3n) is 3.51. The van der Waals surface area contributed by atoms with Crippen molar-refractivity contribution >= 4 is 39.9 Å². The second-order valence-corrected chi connectivity index (χ2v) is 5.92. The van der Waals surface area contributed by atoms with Gasteiger partial charge in [0.05, 0.1) is 18.3 Å². The lowest BCUT2D eigenvalue weighted by Crippen LogP contribution is -2.36. The average molecular weight is 312 g/mol. The van der Waals surface area contributed by atoms with E-state index in [1.165, 1.54) is 17.4 Å². The van der Waals surface area contributed by atoms with E-state index >= 15 is 0 Å². The Hall–Kier alpha value is -1.37. The van der Waals surface area contributed by atoms with E-state index < -0.39 is 0 Å². The molecule has 1 aliphatic rings. The van der Waals surface area contributed by atoms with E-state index in [-0.39, 0.29) is 18.6 Å². The predicted molar refractivity (Wildman–Crippen MR) is 78.9 cm³/mol. The summed E-state index contributed by atoms with van der Waals surface area (Å²) >= 11 is 7.56. The fourth-order valence-corrected chi connectivity index (χ4v) is 3.49. The van der Waals surface area contributed by atoms with Gasteiger partial charge in [-0.05, 0) is 18.9 Å². The topological polar surface area (TPSA) is 57.8 Å². The lowest BCUT2D eigenvalue weighted by molar-refractivity contribution is -0.127. The van der Waals surface area contributed by atoms with Crippen LogP contribution in [0.5, 0.6) is 0 Å². The molecule has 0 aromatic carbocycles. The van der Waals surface area contributed by atoms with Crippen LogP contribution in [0, 0.1) is 0 Å². The molecule has 0 unspecified atom stereocenters. The van der Waals surface area contributed by atoms with Gasteiger partial charge < -0.3 is 10.0 Å². The quantitative estimate of drug-likeness (QED) is 0.883. The summed E-state index contributed by atoms with van der Waals surface area (Å²) < 4.78 is 1.85. The Kier molecular flexibility index (Phi) is 3.78. The number of thiazole rings is 1. The number of nitrogens with zero attached hydrogens (tertiary/aromatic N) is 3. The molecule has 2 aromatic rings. The molecule has 2 aromatic heterocycles. The van der Waals surface area contributed by atoms with Crippen LogP contribution in [0.1, 0.15) is 18.5 Å². The first-order valence-electron chi connectivity index (χ1n) is 6.41. The molecule has 20 heavy (non-hydrogen) atoms. The first-order valence-corrected chi connectivity index (χ1v) is 7.67. The molecule has 1 saturated heterocycles. The molecule has 3 rings (SSSR count). The van der Waals surface area contributed by atoms with Crippen molar-refractivity contribution in [2.45, 2.75) is 18.9 Å². The molecule has 0 radical (unpaired) electrons. The molecule has 1 atom stereocenters. The highest BCUT2D eigenvalue weighted by molar-refractivity contribution is 7.15. The van der Waals surface area contributed by atoms with Crippen LogP contribution in [0.25, 0.3) is 11.0 Å². The average Bonchev–Trinajstić information content (AvgIpc) is 3.11. The number of halogens is 1. The van der Waals surface area contributed by atoms with E-state index in [1.54, 1.807) is 11.0 Å². The van der Waals surface area contributed by atoms with Crippen LogP contribution < -0.4 is 0 Å². The van der Waals surface area contributed by atoms with Gasteiger partial charge in [0, 0.05) is 24.2 Å². The predicted octanol–water partition coefficient (Wildman–Crippen LogP) is 2.05. The Morgan fingerprint density at radius 3 is 3.30 bits per heavy atom. The standard InChI is InChI=1S/C13H14ClN3O2S/c14-12-10(17-6-7-20-13(17)15-12)3-4-11(19)16-5-1-2-9(16)8-18/h3-4,6-7,9,18H,1-2,5,8H2/t9-/m1/s1. The molecule has 1 N–H and O–H groups in total. The van der Waals surface area contributed by atoms with Crippen molar-refractivity contribution in [3.8, 4) is 0 Å². The number of hydrogen-bond acceptors (Lipinski definition) is 4. The van der Waals surface area contributed by atoms with Crippen molar-refractivity contribution in [2.75, 3.05) is 13.2 Å². The van der Waals surface area contributed by atoms with Gasteiger partial charge in [-0.25, -0.2) is 4.98 Å². The van der Waals surface area contributed by atoms with Crippen LogP contribution in [0.15, 0.2) is 17.7 Å². The number of imidazole rings is 1. The van der Waals surface area contributed by atoms with Crippen molar-refractivity contribution < 1.29 is 9.90 Å². The van der Waals surface area contributed by atoms with Crippen molar-refractivity contribution in [1.29, 1.82) is 0 Å². The highest BCUT2D eigenvalue weighted by Gasteiger charge is 2.26. The third-order valence-corrected chi connectivity index (χ3v) is 4.54. The Morgan fingerprint density at radius 1 is 1.65 bits per heavy atom. The minimum absolute atomic E-state index is 0.0157. The molecule has 5 nitrogen and oxygen atoms in total. The smallest absolute Gasteiger partial charge is 0.246 e. The SMILES string of the molecule is O=C(C=Cc1c(Cl)nc2sccn12)N1CCC[C@@H]1CO. The van der Waals surface area contributed by atoms with Crippen molar-refractivity contribution in [2.24, 2.45) is 0 Å². The number of carbonyl (C=O) groups is 1. The molecule has 1 amide bonds. The zero-order chi connectivity index (χ0) is 14.1. The van der Waals surface area contributed by atoms with Crippen LogP contribution >= 0.6 is 22.9 Å². The van der Waals surface area contributed by atoms with E-state index in [0.29, 0.717) is 17.4 Å². The first kappa shape index (κ1) is 13.6. The Balaban J connectivity index is 1.81. The molecule has 1 aliphatic heterocycles. The van der Waals surface area contributed by atoms with Gasteiger partial charge in [-0.2, -0.15) is 0 Å². The third kappa shape index (κ3) is 2.34. The summed E-state index contributed by atoms with van der Waals surface area (Å²) in [6.45, 7) is 0.712. The van der Waals surface area contributed by atoms with Crippen LogP contribution in [-0.4, -0.2) is 44.5 Å². The zero-order valence-corrected chi connectivity index (χ0v) is 12.3. The summed E-state index contributed by atoms with van der Waals surface area (Å²) in [5.74, 6) is -0.0946. The molecular formula is C13H14ClN3O2S. The molecular weight excluding hydrogens is 298 g/mol. The largest absolute Gasteiger partial charge is 0.394 e. The summed E-state index contributed by atoms with van der Waals surface area (Å²) in [5, 5.41) is 11.5. The fourth-order valence-electron chi connectivity index (χ4n) is 2.49. The van der Waals surface area contributed by atoms with Crippen molar-refractivity contribution in [3.63, 3.8) is 0 Å². The second kappa shape index (κ2) is 5.55. The maximum Gasteiger partial charge on any atom is 0.246 e. The maximum absolute atomic E-state index is 12.2. The summed E-state index contributed by atoms with van der Waals surface area (Å²) in [7, 11) is 0. The van der Waals surface area contributed by atoms with Crippen LogP contribution in [-0.2, 0) is 4.79 Å². The Labute approximate surface area is 125 Å². The van der Waals surface area contributed by atoms with E-state index in [1.807, 2.05) is 16.0 Å². The number of fused-ring (bicyclic) bond motifs is 1. The monoisotopic (exact) mass is 311 g/mol. The van der Waals surface area contributed by atoms with Gasteiger partial charge in [0.2, 0.25) is 5.91 Å². The molecule has 1 fully saturated rings. The Morgan fingerprint density at radius 2 is 2.50 bits per heavy atom. The van der Waals surface area contributed by atoms with E-state index in [4.69, 9.17) is 11.6 Å². The van der Waals surface area contributed by atoms with Gasteiger partial charge in [0.25, 0.3) is 0 Å². The zero-order valence-electron chi connectivity index (χ0n) is 10.7. The highest BCUT2D eigenvalue weighted by atomic mass is 35.5. The van der Waals surface area contributed by atoms with Gasteiger partial charge in [-0.3, -0.25) is 9.20 Å². The molecule has 0 aliphatic carbocycles. The minimum atomic E-state index is -0.0946. The van der Waals surface area contributed by atoms with E-state index in [2.05, 4.69) is 4.98 Å². The Bertz CT molecular complexity index is 664. The van der Waals surface area contributed by atoms with Gasteiger partial charge in [-0.1, -0.05) is 11.6 Å². The number of aliphatic hydroxyl groups is 1. The van der Waals surface area contributed by atoms with Gasteiger partial charge >= 0.3 is 0 Å². The van der Waals surface area contributed by atoms with Crippen LogP contribution in [0.2, 0.25) is 5.15 Å². The van der Waals surface area contributed by atoms with Gasteiger partial charge in [-0.15, -0.1) is 11.3 Å². The lowest BCUT2D eigenvalue weighted by Gasteiger charge is -2.21. The molecule has 0 bridgehead atoms. The second-order valence-electron chi connectivity index (χ2n) is 4.69. The summed E-state index contributed by atoms with van der Waals surface area (Å²) in [6, 6.07) is -0.0609. The molecule has 106 valence electrons. The van der Waals surface area contributed by atoms with E-state index in [0.717, 1.165) is 17.8 Å². The number of rotatable bonds is 3. The minimum Gasteiger partial charge on any atom is -0.394 e. The number of aliphatic hydroxyl groups excluding tert-OH is 1. The fraction of sp³-hybridized carbons (Fsp3) is 0.385. The number of carbonyl (C=O) groups excluding carboxylic acids is 1. The number of hydrogen-bond donors (Lipinski definition) is 1. The number of likely N-dealkylation sites (tertiary alicyclic amines) is 1. The number of amides is 1. The highest BCUT2D eigenvalue weighted by Crippen LogP contribution is 2.23. The van der Waals surface area contributed by atoms with Gasteiger partial charge in [0.15, 0.2) is 10.1 Å². The summed E-state index contributed by atoms with van der Waals surface area (Å²) in [5.41, 5.74) is 0.705. The van der Waals surface area contributed by atoms with Crippen molar-refractivity contribution in [1.82, 2.24) is 14.3 Å². The van der Waals surface area contributed by atoms with E-state index in [9.17, 15) is 9.90 Å². The van der Waals surface area contributed by atoms with Gasteiger partial charge in [0.1, 0.15) is 0 Å². The first-order chi connectivity index (χ1) is 9.70. The van der Waals surface area contributed by atoms with Crippen molar-refractivity contribution in [3.05, 3.63) is 28.5 Å². The summed E-state index contributed by atoms with van der Waals surface area (Å²) in [4.78, 5) is 18.9. The maximum atomic E-state index is 12.2. The lowest BCUT2D eigenvalue weighted by atomic mass is 10.2.